The lowest BCUT2D eigenvalue weighted by molar-refractivity contribution is -0.384. The van der Waals surface area contributed by atoms with Gasteiger partial charge in [0, 0.05) is 30.8 Å². The van der Waals surface area contributed by atoms with E-state index in [4.69, 9.17) is 16.7 Å². The summed E-state index contributed by atoms with van der Waals surface area (Å²) in [6.07, 6.45) is 1.52. The van der Waals surface area contributed by atoms with E-state index in [-0.39, 0.29) is 17.8 Å². The molecule has 1 aromatic rings. The predicted octanol–water partition coefficient (Wildman–Crippen LogP) is 2.89. The van der Waals surface area contributed by atoms with E-state index in [1.807, 2.05) is 13.8 Å². The number of nitrogens with zero attached hydrogens (tertiary/aromatic N) is 1. The fourth-order valence-electron chi connectivity index (χ4n) is 1.74. The number of aliphatic hydroxyl groups is 1. The van der Waals surface area contributed by atoms with Gasteiger partial charge in [-0.05, 0) is 31.4 Å². The molecule has 19 heavy (non-hydrogen) atoms. The van der Waals surface area contributed by atoms with E-state index in [0.717, 1.165) is 12.0 Å². The van der Waals surface area contributed by atoms with Crippen LogP contribution in [0.15, 0.2) is 18.2 Å². The van der Waals surface area contributed by atoms with Crippen LogP contribution < -0.4 is 5.32 Å². The van der Waals surface area contributed by atoms with E-state index >= 15 is 0 Å². The number of benzene rings is 1. The van der Waals surface area contributed by atoms with E-state index in [2.05, 4.69) is 5.32 Å². The van der Waals surface area contributed by atoms with Crippen LogP contribution in [0.1, 0.15) is 32.3 Å². The Hall–Kier alpha value is -1.17. The summed E-state index contributed by atoms with van der Waals surface area (Å²) in [4.78, 5) is 10.1. The predicted molar refractivity (Wildman–Crippen MR) is 75.3 cm³/mol. The van der Waals surface area contributed by atoms with Gasteiger partial charge in [-0.2, -0.15) is 0 Å². The first kappa shape index (κ1) is 15.9. The smallest absolute Gasteiger partial charge is 0.270 e. The third-order valence-corrected chi connectivity index (χ3v) is 3.75. The number of aliphatic hydroxyl groups excluding tert-OH is 1. The average Bonchev–Trinajstić information content (AvgIpc) is 2.37. The molecule has 1 unspecified atom stereocenters. The maximum absolute atomic E-state index is 10.6. The lowest BCUT2D eigenvalue weighted by Gasteiger charge is -2.29. The van der Waals surface area contributed by atoms with E-state index < -0.39 is 4.92 Å². The molecule has 0 spiro atoms. The fourth-order valence-corrected chi connectivity index (χ4v) is 1.98. The Labute approximate surface area is 117 Å². The number of hydrogen-bond donors (Lipinski definition) is 2. The molecule has 5 nitrogen and oxygen atoms in total. The molecule has 2 N–H and O–H groups in total. The van der Waals surface area contributed by atoms with Crippen LogP contribution in [-0.2, 0) is 6.54 Å². The van der Waals surface area contributed by atoms with Crippen molar-refractivity contribution in [1.29, 1.82) is 0 Å². The lowest BCUT2D eigenvalue weighted by atomic mass is 9.94. The van der Waals surface area contributed by atoms with Crippen molar-refractivity contribution >= 4 is 17.3 Å². The summed E-state index contributed by atoms with van der Waals surface area (Å²) >= 11 is 6.03. The Balaban J connectivity index is 2.75. The molecule has 0 heterocycles. The first-order valence-electron chi connectivity index (χ1n) is 6.20. The normalized spacial score (nSPS) is 14.1. The van der Waals surface area contributed by atoms with Crippen LogP contribution >= 0.6 is 11.6 Å². The molecule has 0 radical (unpaired) electrons. The van der Waals surface area contributed by atoms with Crippen molar-refractivity contribution in [2.75, 3.05) is 6.61 Å². The molecule has 0 saturated carbocycles. The molecular weight excluding hydrogens is 268 g/mol. The zero-order chi connectivity index (χ0) is 14.5. The van der Waals surface area contributed by atoms with Crippen LogP contribution in [0.5, 0.6) is 0 Å². The topological polar surface area (TPSA) is 75.4 Å². The van der Waals surface area contributed by atoms with Crippen LogP contribution in [0.4, 0.5) is 5.69 Å². The largest absolute Gasteiger partial charge is 0.396 e. The third kappa shape index (κ3) is 4.45. The monoisotopic (exact) mass is 286 g/mol. The summed E-state index contributed by atoms with van der Waals surface area (Å²) in [5, 5.41) is 23.4. The fraction of sp³-hybridized carbons (Fsp3) is 0.538. The third-order valence-electron chi connectivity index (χ3n) is 3.40. The number of nitro benzene ring substituents is 1. The Morgan fingerprint density at radius 2 is 2.21 bits per heavy atom. The maximum atomic E-state index is 10.6. The van der Waals surface area contributed by atoms with E-state index in [0.29, 0.717) is 18.0 Å². The average molecular weight is 287 g/mol. The first-order chi connectivity index (χ1) is 8.91. The molecule has 0 fully saturated rings. The summed E-state index contributed by atoms with van der Waals surface area (Å²) in [5.41, 5.74) is 0.632. The van der Waals surface area contributed by atoms with Crippen molar-refractivity contribution in [2.45, 2.75) is 38.8 Å². The molecule has 0 aliphatic heterocycles. The second-order valence-corrected chi connectivity index (χ2v) is 5.18. The van der Waals surface area contributed by atoms with Gasteiger partial charge in [0.1, 0.15) is 0 Å². The summed E-state index contributed by atoms with van der Waals surface area (Å²) in [7, 11) is 0. The van der Waals surface area contributed by atoms with Gasteiger partial charge in [-0.15, -0.1) is 0 Å². The van der Waals surface area contributed by atoms with E-state index in [1.54, 1.807) is 6.07 Å². The van der Waals surface area contributed by atoms with Gasteiger partial charge in [-0.3, -0.25) is 10.1 Å². The molecule has 106 valence electrons. The highest BCUT2D eigenvalue weighted by atomic mass is 35.5. The Bertz CT molecular complexity index is 454. The van der Waals surface area contributed by atoms with Crippen molar-refractivity contribution in [2.24, 2.45) is 0 Å². The zero-order valence-corrected chi connectivity index (χ0v) is 11.9. The summed E-state index contributed by atoms with van der Waals surface area (Å²) in [6.45, 7) is 4.70. The van der Waals surface area contributed by atoms with Gasteiger partial charge in [-0.25, -0.2) is 0 Å². The molecule has 1 rings (SSSR count). The second kappa shape index (κ2) is 6.84. The highest BCUT2D eigenvalue weighted by molar-refractivity contribution is 6.31. The van der Waals surface area contributed by atoms with Crippen LogP contribution in [-0.4, -0.2) is 22.2 Å². The van der Waals surface area contributed by atoms with Gasteiger partial charge in [0.15, 0.2) is 0 Å². The number of non-ortho nitro benzene ring substituents is 1. The molecule has 1 atom stereocenters. The molecule has 0 aromatic heterocycles. The van der Waals surface area contributed by atoms with E-state index in [9.17, 15) is 10.1 Å². The van der Waals surface area contributed by atoms with Gasteiger partial charge < -0.3 is 10.4 Å². The molecule has 0 saturated heterocycles. The lowest BCUT2D eigenvalue weighted by Crippen LogP contribution is -2.42. The number of hydrogen-bond acceptors (Lipinski definition) is 4. The minimum Gasteiger partial charge on any atom is -0.396 e. The van der Waals surface area contributed by atoms with Gasteiger partial charge >= 0.3 is 0 Å². The zero-order valence-electron chi connectivity index (χ0n) is 11.1. The van der Waals surface area contributed by atoms with Crippen molar-refractivity contribution in [3.05, 3.63) is 38.9 Å². The first-order valence-corrected chi connectivity index (χ1v) is 6.58. The molecule has 0 amide bonds. The number of rotatable bonds is 7. The number of nitrogens with one attached hydrogen (secondary N) is 1. The Kier molecular flexibility index (Phi) is 5.72. The molecule has 0 aliphatic carbocycles. The van der Waals surface area contributed by atoms with Crippen molar-refractivity contribution < 1.29 is 10.0 Å². The summed E-state index contributed by atoms with van der Waals surface area (Å²) in [5.74, 6) is 0. The van der Waals surface area contributed by atoms with Crippen molar-refractivity contribution in [3.8, 4) is 0 Å². The molecular formula is C13H19ClN2O3. The summed E-state index contributed by atoms with van der Waals surface area (Å²) < 4.78 is 0. The highest BCUT2D eigenvalue weighted by Gasteiger charge is 2.21. The molecule has 0 aliphatic rings. The Morgan fingerprint density at radius 3 is 2.68 bits per heavy atom. The standard InChI is InChI=1S/C13H19ClN2O3/c1-3-13(2,6-7-17)15-9-10-4-5-11(16(18)19)8-12(10)14/h4-5,8,15,17H,3,6-7,9H2,1-2H3. The quantitative estimate of drug-likeness (QED) is 0.597. The maximum Gasteiger partial charge on any atom is 0.270 e. The molecule has 0 bridgehead atoms. The molecule has 1 aromatic carbocycles. The van der Waals surface area contributed by atoms with Gasteiger partial charge in [0.2, 0.25) is 0 Å². The SMILES string of the molecule is CCC(C)(CCO)NCc1ccc([N+](=O)[O-])cc1Cl. The van der Waals surface area contributed by atoms with Gasteiger partial charge in [-0.1, -0.05) is 18.5 Å². The summed E-state index contributed by atoms with van der Waals surface area (Å²) in [6, 6.07) is 4.45. The molecule has 6 heteroatoms. The minimum atomic E-state index is -0.467. The minimum absolute atomic E-state index is 0.0117. The van der Waals surface area contributed by atoms with Crippen molar-refractivity contribution in [1.82, 2.24) is 5.32 Å². The van der Waals surface area contributed by atoms with Gasteiger partial charge in [0.05, 0.1) is 9.95 Å². The van der Waals surface area contributed by atoms with Crippen LogP contribution in [0.3, 0.4) is 0 Å². The van der Waals surface area contributed by atoms with E-state index in [1.165, 1.54) is 12.1 Å². The van der Waals surface area contributed by atoms with Gasteiger partial charge in [0.25, 0.3) is 5.69 Å². The van der Waals surface area contributed by atoms with Crippen molar-refractivity contribution in [3.63, 3.8) is 0 Å². The van der Waals surface area contributed by atoms with Crippen LogP contribution in [0.2, 0.25) is 5.02 Å². The highest BCUT2D eigenvalue weighted by Crippen LogP contribution is 2.23. The van der Waals surface area contributed by atoms with Crippen LogP contribution in [0.25, 0.3) is 0 Å². The number of nitro groups is 1. The second-order valence-electron chi connectivity index (χ2n) is 4.77. The van der Waals surface area contributed by atoms with Crippen LogP contribution in [0, 0.1) is 10.1 Å². The Morgan fingerprint density at radius 1 is 1.53 bits per heavy atom. The number of halogens is 1.